The van der Waals surface area contributed by atoms with Crippen LogP contribution >= 0.6 is 11.6 Å². The summed E-state index contributed by atoms with van der Waals surface area (Å²) in [5, 5.41) is -0.350. The molecule has 5 nitrogen and oxygen atoms in total. The molecule has 0 saturated heterocycles. The van der Waals surface area contributed by atoms with E-state index in [0.29, 0.717) is 6.42 Å². The molecule has 1 aliphatic carbocycles. The van der Waals surface area contributed by atoms with Crippen molar-refractivity contribution in [1.29, 1.82) is 0 Å². The Labute approximate surface area is 104 Å². The highest BCUT2D eigenvalue weighted by molar-refractivity contribution is 7.91. The molecule has 1 aliphatic rings. The van der Waals surface area contributed by atoms with Crippen LogP contribution < -0.4 is 5.56 Å². The lowest BCUT2D eigenvalue weighted by Gasteiger charge is -2.06. The van der Waals surface area contributed by atoms with E-state index in [0.717, 1.165) is 12.8 Å². The summed E-state index contributed by atoms with van der Waals surface area (Å²) in [4.78, 5) is 15.7. The van der Waals surface area contributed by atoms with E-state index in [9.17, 15) is 13.2 Å². The second-order valence-corrected chi connectivity index (χ2v) is 6.44. The predicted molar refractivity (Wildman–Crippen MR) is 64.2 cm³/mol. The fourth-order valence-electron chi connectivity index (χ4n) is 1.60. The number of halogens is 1. The summed E-state index contributed by atoms with van der Waals surface area (Å²) in [6.07, 6.45) is 5.08. The number of rotatable bonds is 5. The van der Waals surface area contributed by atoms with Crippen LogP contribution in [0, 0.1) is 0 Å². The summed E-state index contributed by atoms with van der Waals surface area (Å²) in [5.74, 6) is 0.121. The fraction of sp³-hybridized carbons (Fsp3) is 0.600. The summed E-state index contributed by atoms with van der Waals surface area (Å²) in [6.45, 7) is 0. The molecule has 0 spiro atoms. The third kappa shape index (κ3) is 2.69. The van der Waals surface area contributed by atoms with Gasteiger partial charge in [0.05, 0.1) is 5.75 Å². The van der Waals surface area contributed by atoms with E-state index >= 15 is 0 Å². The number of sulfone groups is 1. The summed E-state index contributed by atoms with van der Waals surface area (Å²) in [7, 11) is -3.61. The maximum atomic E-state index is 11.9. The number of hydrogen-bond acceptors (Lipinski definition) is 4. The molecule has 17 heavy (non-hydrogen) atoms. The summed E-state index contributed by atoms with van der Waals surface area (Å²) < 4.78 is 25.2. The molecule has 1 saturated carbocycles. The van der Waals surface area contributed by atoms with Crippen LogP contribution in [0.5, 0.6) is 0 Å². The summed E-state index contributed by atoms with van der Waals surface area (Å²) in [6, 6.07) is 0.146. The van der Waals surface area contributed by atoms with E-state index in [1.54, 1.807) is 6.20 Å². The third-order valence-corrected chi connectivity index (χ3v) is 4.58. The molecular formula is C10H13ClN2O3S. The third-order valence-electron chi connectivity index (χ3n) is 2.62. The Morgan fingerprint density at radius 1 is 1.47 bits per heavy atom. The molecule has 0 N–H and O–H groups in total. The van der Waals surface area contributed by atoms with Gasteiger partial charge in [0.2, 0.25) is 14.9 Å². The molecule has 7 heteroatoms. The van der Waals surface area contributed by atoms with Crippen LogP contribution in [-0.2, 0) is 9.84 Å². The van der Waals surface area contributed by atoms with Crippen molar-refractivity contribution in [3.63, 3.8) is 0 Å². The van der Waals surface area contributed by atoms with Crippen molar-refractivity contribution in [2.45, 2.75) is 30.3 Å². The van der Waals surface area contributed by atoms with Gasteiger partial charge >= 0.3 is 0 Å². The van der Waals surface area contributed by atoms with Gasteiger partial charge < -0.3 is 4.57 Å². The van der Waals surface area contributed by atoms with E-state index in [4.69, 9.17) is 11.6 Å². The SMILES string of the molecule is O=c1c(S(=O)(=O)CCCCl)nccn1C1CC1. The molecule has 0 radical (unpaired) electrons. The Kier molecular flexibility index (Phi) is 3.53. The molecule has 0 amide bonds. The Balaban J connectivity index is 2.38. The first-order valence-corrected chi connectivity index (χ1v) is 7.61. The van der Waals surface area contributed by atoms with E-state index in [1.807, 2.05) is 0 Å². The molecule has 1 aromatic rings. The van der Waals surface area contributed by atoms with Crippen molar-refractivity contribution in [3.05, 3.63) is 22.7 Å². The van der Waals surface area contributed by atoms with Gasteiger partial charge in [0.1, 0.15) is 0 Å². The van der Waals surface area contributed by atoms with Crippen molar-refractivity contribution in [2.75, 3.05) is 11.6 Å². The van der Waals surface area contributed by atoms with E-state index in [2.05, 4.69) is 4.98 Å². The molecule has 94 valence electrons. The van der Waals surface area contributed by atoms with Crippen molar-refractivity contribution in [3.8, 4) is 0 Å². The van der Waals surface area contributed by atoms with Crippen LogP contribution in [0.2, 0.25) is 0 Å². The molecule has 0 aliphatic heterocycles. The Hall–Kier alpha value is -0.880. The lowest BCUT2D eigenvalue weighted by atomic mass is 10.6. The maximum absolute atomic E-state index is 11.9. The topological polar surface area (TPSA) is 69.0 Å². The standard InChI is InChI=1S/C10H13ClN2O3S/c11-4-1-7-17(15,16)9-10(14)13(6-5-12-9)8-2-3-8/h5-6,8H,1-4,7H2. The largest absolute Gasteiger partial charge is 0.308 e. The Morgan fingerprint density at radius 2 is 2.18 bits per heavy atom. The fourth-order valence-corrected chi connectivity index (χ4v) is 3.20. The van der Waals surface area contributed by atoms with E-state index in [-0.39, 0.29) is 22.7 Å². The van der Waals surface area contributed by atoms with Gasteiger partial charge in [-0.1, -0.05) is 0 Å². The van der Waals surface area contributed by atoms with Gasteiger partial charge in [-0.05, 0) is 19.3 Å². The van der Waals surface area contributed by atoms with Gasteiger partial charge in [0.25, 0.3) is 5.56 Å². The molecule has 1 aromatic heterocycles. The van der Waals surface area contributed by atoms with Crippen LogP contribution in [0.3, 0.4) is 0 Å². The minimum absolute atomic E-state index is 0.132. The number of alkyl halides is 1. The van der Waals surface area contributed by atoms with Crippen molar-refractivity contribution >= 4 is 21.4 Å². The van der Waals surface area contributed by atoms with Crippen molar-refractivity contribution < 1.29 is 8.42 Å². The number of hydrogen-bond donors (Lipinski definition) is 0. The molecule has 0 unspecified atom stereocenters. The number of nitrogens with zero attached hydrogens (tertiary/aromatic N) is 2. The quantitative estimate of drug-likeness (QED) is 0.752. The predicted octanol–water partition coefficient (Wildman–Crippen LogP) is 0.981. The first-order valence-electron chi connectivity index (χ1n) is 5.42. The van der Waals surface area contributed by atoms with Gasteiger partial charge in [-0.2, -0.15) is 0 Å². The Bertz CT molecular complexity index is 563. The highest BCUT2D eigenvalue weighted by Crippen LogP contribution is 2.33. The zero-order valence-corrected chi connectivity index (χ0v) is 10.7. The van der Waals surface area contributed by atoms with Gasteiger partial charge in [-0.15, -0.1) is 11.6 Å². The smallest absolute Gasteiger partial charge is 0.288 e. The molecular weight excluding hydrogens is 264 g/mol. The number of aromatic nitrogens is 2. The highest BCUT2D eigenvalue weighted by atomic mass is 35.5. The molecule has 0 atom stereocenters. The van der Waals surface area contributed by atoms with Crippen LogP contribution in [0.25, 0.3) is 0 Å². The summed E-state index contributed by atoms with van der Waals surface area (Å²) in [5.41, 5.74) is -0.510. The molecule has 1 fully saturated rings. The van der Waals surface area contributed by atoms with Crippen LogP contribution in [0.1, 0.15) is 25.3 Å². The van der Waals surface area contributed by atoms with Crippen molar-refractivity contribution in [2.24, 2.45) is 0 Å². The zero-order chi connectivity index (χ0) is 12.5. The molecule has 0 bridgehead atoms. The zero-order valence-electron chi connectivity index (χ0n) is 9.17. The van der Waals surface area contributed by atoms with Crippen LogP contribution in [0.4, 0.5) is 0 Å². The minimum Gasteiger partial charge on any atom is -0.308 e. The lowest BCUT2D eigenvalue weighted by molar-refractivity contribution is 0.582. The van der Waals surface area contributed by atoms with E-state index in [1.165, 1.54) is 10.8 Å². The van der Waals surface area contributed by atoms with Gasteiger partial charge in [-0.3, -0.25) is 4.79 Å². The highest BCUT2D eigenvalue weighted by Gasteiger charge is 2.28. The average molecular weight is 277 g/mol. The monoisotopic (exact) mass is 276 g/mol. The van der Waals surface area contributed by atoms with Gasteiger partial charge in [0.15, 0.2) is 0 Å². The van der Waals surface area contributed by atoms with Crippen molar-refractivity contribution in [1.82, 2.24) is 9.55 Å². The molecule has 2 rings (SSSR count). The van der Waals surface area contributed by atoms with Crippen LogP contribution in [-0.4, -0.2) is 29.6 Å². The van der Waals surface area contributed by atoms with Gasteiger partial charge in [0, 0.05) is 24.3 Å². The molecule has 0 aromatic carbocycles. The van der Waals surface area contributed by atoms with Gasteiger partial charge in [-0.25, -0.2) is 13.4 Å². The first-order chi connectivity index (χ1) is 8.06. The minimum atomic E-state index is -3.61. The summed E-state index contributed by atoms with van der Waals surface area (Å²) >= 11 is 5.46. The van der Waals surface area contributed by atoms with Crippen LogP contribution in [0.15, 0.2) is 22.2 Å². The second kappa shape index (κ2) is 4.78. The first kappa shape index (κ1) is 12.6. The normalized spacial score (nSPS) is 16.1. The lowest BCUT2D eigenvalue weighted by Crippen LogP contribution is -2.27. The van der Waals surface area contributed by atoms with E-state index < -0.39 is 15.4 Å². The average Bonchev–Trinajstić information content (AvgIpc) is 3.10. The maximum Gasteiger partial charge on any atom is 0.288 e. The molecule has 1 heterocycles. The second-order valence-electron chi connectivity index (χ2n) is 4.04. The Morgan fingerprint density at radius 3 is 2.76 bits per heavy atom.